The number of carboxylic acid groups (broad SMARTS) is 1. The Bertz CT molecular complexity index is 534. The Morgan fingerprint density at radius 1 is 1.19 bits per heavy atom. The zero-order chi connectivity index (χ0) is 15.3. The molecule has 0 aliphatic rings. The van der Waals surface area contributed by atoms with E-state index in [4.69, 9.17) is 15.1 Å². The fourth-order valence-electron chi connectivity index (χ4n) is 1.36. The van der Waals surface area contributed by atoms with E-state index in [0.717, 1.165) is 0 Å². The number of nitrogens with one attached hydrogen (secondary N) is 1. The van der Waals surface area contributed by atoms with Gasteiger partial charge in [-0.25, -0.2) is 9.59 Å². The second-order valence-corrected chi connectivity index (χ2v) is 4.96. The molecular formula is C13H17N2NaO5. The Morgan fingerprint density at radius 3 is 2.10 bits per heavy atom. The first-order valence-electron chi connectivity index (χ1n) is 5.79. The van der Waals surface area contributed by atoms with Crippen LogP contribution in [-0.4, -0.2) is 63.2 Å². The number of carbonyl (C=O) groups is 2. The summed E-state index contributed by atoms with van der Waals surface area (Å²) < 4.78 is 5.07. The summed E-state index contributed by atoms with van der Waals surface area (Å²) in [5.74, 6) is -1.35. The second-order valence-electron chi connectivity index (χ2n) is 4.96. The second kappa shape index (κ2) is 8.02. The number of ether oxygens (including phenoxy) is 1. The Labute approximate surface area is 144 Å². The fraction of sp³-hybridized carbons (Fsp3) is 0.308. The number of anilines is 1. The van der Waals surface area contributed by atoms with Crippen LogP contribution < -0.4 is 5.32 Å². The van der Waals surface area contributed by atoms with Crippen LogP contribution in [0.1, 0.15) is 26.3 Å². The van der Waals surface area contributed by atoms with Crippen molar-refractivity contribution in [2.24, 2.45) is 5.16 Å². The molecule has 1 amide bonds. The van der Waals surface area contributed by atoms with Crippen molar-refractivity contribution in [1.29, 1.82) is 0 Å². The van der Waals surface area contributed by atoms with Gasteiger partial charge >= 0.3 is 41.6 Å². The Balaban J connectivity index is 0.00000400. The first kappa shape index (κ1) is 19.4. The summed E-state index contributed by atoms with van der Waals surface area (Å²) in [7, 11) is 0. The van der Waals surface area contributed by atoms with E-state index in [-0.39, 0.29) is 35.1 Å². The molecule has 3 N–H and O–H groups in total. The standard InChI is InChI=1S/C13H16N2O5.Na.H/c1-13(2,3)20-12(18)14-9-6-4-8(5-7-9)10(15-19)11(16)17;;/h4-7,19H,1-3H3,(H,14,18)(H,16,17);;. The van der Waals surface area contributed by atoms with Gasteiger partial charge in [0.1, 0.15) is 5.60 Å². The van der Waals surface area contributed by atoms with Crippen LogP contribution in [-0.2, 0) is 9.53 Å². The summed E-state index contributed by atoms with van der Waals surface area (Å²) in [5.41, 5.74) is -0.432. The van der Waals surface area contributed by atoms with E-state index >= 15 is 0 Å². The molecule has 0 bridgehead atoms. The molecule has 0 spiro atoms. The maximum absolute atomic E-state index is 11.5. The van der Waals surface area contributed by atoms with Crippen LogP contribution >= 0.6 is 0 Å². The average Bonchev–Trinajstić information content (AvgIpc) is 2.29. The summed E-state index contributed by atoms with van der Waals surface area (Å²) in [6.07, 6.45) is -0.612. The van der Waals surface area contributed by atoms with Crippen LogP contribution in [0.3, 0.4) is 0 Å². The molecule has 0 heterocycles. The van der Waals surface area contributed by atoms with Gasteiger partial charge in [0.2, 0.25) is 0 Å². The molecule has 0 radical (unpaired) electrons. The quantitative estimate of drug-likeness (QED) is 0.340. The summed E-state index contributed by atoms with van der Waals surface area (Å²) in [6.45, 7) is 5.23. The van der Waals surface area contributed by atoms with Crippen LogP contribution in [0, 0.1) is 0 Å². The number of carboxylic acids is 1. The number of hydrogen-bond donors (Lipinski definition) is 3. The third-order valence-electron chi connectivity index (χ3n) is 2.11. The predicted octanol–water partition coefficient (Wildman–Crippen LogP) is 1.65. The number of carbonyl (C=O) groups excluding carboxylic acids is 1. The van der Waals surface area contributed by atoms with Gasteiger partial charge in [0, 0.05) is 11.3 Å². The first-order chi connectivity index (χ1) is 9.23. The molecule has 1 aromatic carbocycles. The molecule has 0 unspecified atom stereocenters. The van der Waals surface area contributed by atoms with Gasteiger partial charge in [0.05, 0.1) is 0 Å². The maximum atomic E-state index is 11.5. The Hall–Kier alpha value is -1.57. The third-order valence-corrected chi connectivity index (χ3v) is 2.11. The van der Waals surface area contributed by atoms with Gasteiger partial charge in [-0.1, -0.05) is 17.3 Å². The number of nitrogens with zero attached hydrogens (tertiary/aromatic N) is 1. The average molecular weight is 304 g/mol. The first-order valence-corrected chi connectivity index (χ1v) is 5.79. The van der Waals surface area contributed by atoms with Crippen molar-refractivity contribution in [3.05, 3.63) is 29.8 Å². The van der Waals surface area contributed by atoms with Gasteiger partial charge in [-0.15, -0.1) is 0 Å². The molecule has 0 saturated heterocycles. The summed E-state index contributed by atoms with van der Waals surface area (Å²) in [4.78, 5) is 22.3. The van der Waals surface area contributed by atoms with Crippen molar-refractivity contribution in [2.75, 3.05) is 5.32 Å². The number of rotatable bonds is 3. The van der Waals surface area contributed by atoms with Crippen molar-refractivity contribution in [2.45, 2.75) is 26.4 Å². The Kier molecular flexibility index (Phi) is 7.42. The van der Waals surface area contributed by atoms with Crippen molar-refractivity contribution in [3.63, 3.8) is 0 Å². The normalized spacial score (nSPS) is 11.3. The van der Waals surface area contributed by atoms with Gasteiger partial charge in [-0.2, -0.15) is 0 Å². The third kappa shape index (κ3) is 6.61. The van der Waals surface area contributed by atoms with Gasteiger partial charge < -0.3 is 15.1 Å². The predicted molar refractivity (Wildman–Crippen MR) is 79.4 cm³/mol. The molecule has 0 saturated carbocycles. The molecule has 110 valence electrons. The molecule has 0 fully saturated rings. The SMILES string of the molecule is CC(C)(C)OC(=O)Nc1ccc(C(=NO)C(=O)O)cc1.[NaH]. The zero-order valence-corrected chi connectivity index (χ0v) is 11.4. The molecule has 21 heavy (non-hydrogen) atoms. The molecular weight excluding hydrogens is 287 g/mol. The summed E-state index contributed by atoms with van der Waals surface area (Å²) in [6, 6.07) is 5.78. The van der Waals surface area contributed by atoms with Crippen LogP contribution in [0.15, 0.2) is 29.4 Å². The number of hydrogen-bond acceptors (Lipinski definition) is 5. The van der Waals surface area contributed by atoms with Gasteiger partial charge in [0.15, 0.2) is 5.71 Å². The number of aliphatic carboxylic acids is 1. The molecule has 7 nitrogen and oxygen atoms in total. The van der Waals surface area contributed by atoms with Crippen molar-refractivity contribution in [3.8, 4) is 0 Å². The van der Waals surface area contributed by atoms with Crippen LogP contribution in [0.2, 0.25) is 0 Å². The number of oxime groups is 1. The molecule has 8 heteroatoms. The molecule has 1 aromatic rings. The molecule has 0 atom stereocenters. The fourth-order valence-corrected chi connectivity index (χ4v) is 1.36. The van der Waals surface area contributed by atoms with Gasteiger partial charge in [0.25, 0.3) is 0 Å². The molecule has 1 rings (SSSR count). The van der Waals surface area contributed by atoms with Crippen molar-refractivity contribution >= 4 is 53.0 Å². The molecule has 0 aliphatic heterocycles. The van der Waals surface area contributed by atoms with Gasteiger partial charge in [-0.3, -0.25) is 5.32 Å². The number of benzene rings is 1. The van der Waals surface area contributed by atoms with E-state index < -0.39 is 23.4 Å². The van der Waals surface area contributed by atoms with E-state index in [1.807, 2.05) is 0 Å². The van der Waals surface area contributed by atoms with Crippen molar-refractivity contribution in [1.82, 2.24) is 0 Å². The van der Waals surface area contributed by atoms with E-state index in [9.17, 15) is 9.59 Å². The summed E-state index contributed by atoms with van der Waals surface area (Å²) >= 11 is 0. The van der Waals surface area contributed by atoms with Crippen LogP contribution in [0.4, 0.5) is 10.5 Å². The Morgan fingerprint density at radius 2 is 1.71 bits per heavy atom. The summed E-state index contributed by atoms with van der Waals surface area (Å²) in [5, 5.41) is 22.6. The van der Waals surface area contributed by atoms with E-state index in [1.165, 1.54) is 24.3 Å². The molecule has 0 aromatic heterocycles. The van der Waals surface area contributed by atoms with Crippen LogP contribution in [0.25, 0.3) is 0 Å². The topological polar surface area (TPSA) is 108 Å². The number of amides is 1. The van der Waals surface area contributed by atoms with E-state index in [0.29, 0.717) is 5.69 Å². The van der Waals surface area contributed by atoms with E-state index in [1.54, 1.807) is 20.8 Å². The monoisotopic (exact) mass is 304 g/mol. The van der Waals surface area contributed by atoms with Crippen LogP contribution in [0.5, 0.6) is 0 Å². The zero-order valence-electron chi connectivity index (χ0n) is 11.4. The van der Waals surface area contributed by atoms with Gasteiger partial charge in [-0.05, 0) is 32.9 Å². The molecule has 0 aliphatic carbocycles. The van der Waals surface area contributed by atoms with Crippen molar-refractivity contribution < 1.29 is 24.6 Å². The minimum absolute atomic E-state index is 0. The minimum atomic E-state index is -1.35. The van der Waals surface area contributed by atoms with E-state index in [2.05, 4.69) is 10.5 Å².